The van der Waals surface area contributed by atoms with Gasteiger partial charge in [0.15, 0.2) is 0 Å². The first kappa shape index (κ1) is 20.5. The number of carboxylic acid groups (broad SMARTS) is 1. The van der Waals surface area contributed by atoms with E-state index in [9.17, 15) is 18.0 Å². The summed E-state index contributed by atoms with van der Waals surface area (Å²) in [5.41, 5.74) is 9.72. The summed E-state index contributed by atoms with van der Waals surface area (Å²) in [7, 11) is 0. The lowest BCUT2D eigenvalue weighted by Crippen LogP contribution is -2.26. The summed E-state index contributed by atoms with van der Waals surface area (Å²) in [5, 5.41) is 9.01. The fourth-order valence-corrected chi connectivity index (χ4v) is 2.92. The van der Waals surface area contributed by atoms with E-state index < -0.39 is 12.3 Å². The highest BCUT2D eigenvalue weighted by atomic mass is 32.2. The predicted octanol–water partition coefficient (Wildman–Crippen LogP) is 3.16. The van der Waals surface area contributed by atoms with Crippen molar-refractivity contribution in [2.75, 3.05) is 0 Å². The van der Waals surface area contributed by atoms with Crippen molar-refractivity contribution in [3.63, 3.8) is 0 Å². The van der Waals surface area contributed by atoms with E-state index in [2.05, 4.69) is 10.2 Å². The van der Waals surface area contributed by atoms with Crippen molar-refractivity contribution in [2.24, 2.45) is 11.6 Å². The summed E-state index contributed by atoms with van der Waals surface area (Å²) >= 11 is 1.13. The molecule has 2 rings (SSSR count). The molecule has 2 aromatic rings. The molecule has 27 heavy (non-hydrogen) atoms. The Hall–Kier alpha value is -2.85. The molecule has 0 aliphatic carbocycles. The molecule has 0 bridgehead atoms. The summed E-state index contributed by atoms with van der Waals surface area (Å²) < 4.78 is 40.4. The van der Waals surface area contributed by atoms with Crippen LogP contribution in [0.4, 0.5) is 13.2 Å². The van der Waals surface area contributed by atoms with Gasteiger partial charge in [-0.25, -0.2) is 10.6 Å². The topological polar surface area (TPSA) is 111 Å². The molecule has 0 radical (unpaired) electrons. The average Bonchev–Trinajstić information content (AvgIpc) is 2.62. The van der Waals surface area contributed by atoms with E-state index in [0.717, 1.165) is 28.5 Å². The normalized spacial score (nSPS) is 12.3. The summed E-state index contributed by atoms with van der Waals surface area (Å²) in [4.78, 5) is 10.9. The molecule has 0 fully saturated rings. The first-order valence-corrected chi connectivity index (χ1v) is 8.45. The number of rotatable bonds is 7. The van der Waals surface area contributed by atoms with Crippen LogP contribution >= 0.6 is 11.8 Å². The highest BCUT2D eigenvalue weighted by Crippen LogP contribution is 2.27. The predicted molar refractivity (Wildman–Crippen MR) is 96.0 cm³/mol. The van der Waals surface area contributed by atoms with Gasteiger partial charge in [-0.3, -0.25) is 0 Å². The summed E-state index contributed by atoms with van der Waals surface area (Å²) in [6.45, 7) is 0. The molecule has 6 nitrogen and oxygen atoms in total. The number of carboxylic acids is 1. The molecule has 0 saturated carbocycles. The summed E-state index contributed by atoms with van der Waals surface area (Å²) in [6.07, 6.45) is -4.73. The fourth-order valence-electron chi connectivity index (χ4n) is 2.09. The number of ether oxygens (including phenoxy) is 1. The Morgan fingerprint density at radius 1 is 1.07 bits per heavy atom. The molecule has 0 aliphatic heterocycles. The second kappa shape index (κ2) is 8.69. The number of halogens is 3. The van der Waals surface area contributed by atoms with Crippen molar-refractivity contribution in [3.8, 4) is 16.9 Å². The van der Waals surface area contributed by atoms with E-state index in [4.69, 9.17) is 16.7 Å². The number of carbonyl (C=O) groups is 1. The van der Waals surface area contributed by atoms with Crippen LogP contribution in [0, 0.1) is 0 Å². The smallest absolute Gasteiger partial charge is 0.477 e. The van der Waals surface area contributed by atoms with Crippen molar-refractivity contribution in [1.29, 1.82) is 0 Å². The van der Waals surface area contributed by atoms with Crippen LogP contribution in [0.15, 0.2) is 59.3 Å². The average molecular weight is 399 g/mol. The molecule has 0 aromatic heterocycles. The number of hydrazine groups is 1. The zero-order valence-corrected chi connectivity index (χ0v) is 14.6. The summed E-state index contributed by atoms with van der Waals surface area (Å²) in [5.74, 6) is 4.13. The van der Waals surface area contributed by atoms with Gasteiger partial charge in [0.25, 0.3) is 0 Å². The monoisotopic (exact) mass is 399 g/mol. The van der Waals surface area contributed by atoms with Gasteiger partial charge < -0.3 is 21.0 Å². The van der Waals surface area contributed by atoms with Crippen molar-refractivity contribution >= 4 is 17.7 Å². The second-order valence-corrected chi connectivity index (χ2v) is 6.24. The molecular formula is C17H16F3N3O3S. The molecule has 10 heteroatoms. The Morgan fingerprint density at radius 2 is 1.59 bits per heavy atom. The van der Waals surface area contributed by atoms with Crippen LogP contribution in [0.3, 0.4) is 0 Å². The van der Waals surface area contributed by atoms with Gasteiger partial charge in [0, 0.05) is 5.75 Å². The van der Waals surface area contributed by atoms with Crippen LogP contribution in [0.2, 0.25) is 0 Å². The molecule has 0 spiro atoms. The van der Waals surface area contributed by atoms with Gasteiger partial charge in [-0.15, -0.1) is 24.9 Å². The lowest BCUT2D eigenvalue weighted by Gasteiger charge is -2.10. The number of hydrogen-bond acceptors (Lipinski definition) is 6. The molecule has 2 aromatic carbocycles. The number of alkyl halides is 3. The summed E-state index contributed by atoms with van der Waals surface area (Å²) in [6, 6.07) is 12.8. The van der Waals surface area contributed by atoms with Crippen molar-refractivity contribution in [2.45, 2.75) is 12.1 Å². The Balaban J connectivity index is 2.05. The molecule has 0 unspecified atom stereocenters. The highest BCUT2D eigenvalue weighted by Gasteiger charge is 2.30. The standard InChI is InChI=1S/C17H16F3N3O3S/c18-17(19,20)26-13-7-5-12(6-8-13)11-3-1-10(2-4-11)9-27-15(23-22)14(21)16(24)25/h1-8,23H,9,21-22H2,(H,24,25)/b15-14+. The molecule has 6 N–H and O–H groups in total. The number of aliphatic carboxylic acids is 1. The maximum atomic E-state index is 12.2. The third-order valence-electron chi connectivity index (χ3n) is 3.36. The fraction of sp³-hybridized carbons (Fsp3) is 0.118. The number of nitrogens with one attached hydrogen (secondary N) is 1. The molecular weight excluding hydrogens is 383 g/mol. The van der Waals surface area contributed by atoms with Gasteiger partial charge >= 0.3 is 12.3 Å². The minimum Gasteiger partial charge on any atom is -0.477 e. The molecule has 0 amide bonds. The quantitative estimate of drug-likeness (QED) is 0.322. The van der Waals surface area contributed by atoms with Crippen molar-refractivity contribution in [1.82, 2.24) is 5.43 Å². The van der Waals surface area contributed by atoms with Gasteiger partial charge in [-0.1, -0.05) is 36.4 Å². The van der Waals surface area contributed by atoms with Crippen molar-refractivity contribution in [3.05, 3.63) is 64.8 Å². The largest absolute Gasteiger partial charge is 0.573 e. The second-order valence-electron chi connectivity index (χ2n) is 5.25. The van der Waals surface area contributed by atoms with E-state index in [1.165, 1.54) is 24.3 Å². The van der Waals surface area contributed by atoms with Crippen molar-refractivity contribution < 1.29 is 27.8 Å². The number of nitrogens with two attached hydrogens (primary N) is 2. The van der Waals surface area contributed by atoms with Crippen LogP contribution in [-0.4, -0.2) is 17.4 Å². The zero-order valence-electron chi connectivity index (χ0n) is 13.8. The molecule has 0 saturated heterocycles. The van der Waals surface area contributed by atoms with E-state index in [-0.39, 0.29) is 16.5 Å². The maximum absolute atomic E-state index is 12.2. The van der Waals surface area contributed by atoms with E-state index in [0.29, 0.717) is 5.75 Å². The van der Waals surface area contributed by atoms with E-state index in [1.807, 2.05) is 12.1 Å². The SMILES string of the molecule is NN/C(SCc1ccc(-c2ccc(OC(F)(F)F)cc2)cc1)=C(\N)C(=O)O. The third-order valence-corrected chi connectivity index (χ3v) is 4.47. The Kier molecular flexibility index (Phi) is 6.59. The first-order valence-electron chi connectivity index (χ1n) is 7.47. The van der Waals surface area contributed by atoms with Crippen LogP contribution in [-0.2, 0) is 10.5 Å². The molecule has 0 atom stereocenters. The Bertz CT molecular complexity index is 822. The highest BCUT2D eigenvalue weighted by molar-refractivity contribution is 8.02. The first-order chi connectivity index (χ1) is 12.7. The van der Waals surface area contributed by atoms with E-state index >= 15 is 0 Å². The maximum Gasteiger partial charge on any atom is 0.573 e. The molecule has 0 heterocycles. The van der Waals surface area contributed by atoms with Crippen LogP contribution in [0.5, 0.6) is 5.75 Å². The Labute approximate surface area is 157 Å². The molecule has 0 aliphatic rings. The van der Waals surface area contributed by atoms with Gasteiger partial charge in [0.1, 0.15) is 16.5 Å². The van der Waals surface area contributed by atoms with Crippen LogP contribution in [0.25, 0.3) is 11.1 Å². The zero-order chi connectivity index (χ0) is 20.0. The molecule has 144 valence electrons. The lowest BCUT2D eigenvalue weighted by atomic mass is 10.0. The lowest BCUT2D eigenvalue weighted by molar-refractivity contribution is -0.274. The van der Waals surface area contributed by atoms with Gasteiger partial charge in [-0.05, 0) is 28.8 Å². The van der Waals surface area contributed by atoms with Gasteiger partial charge in [0.2, 0.25) is 0 Å². The number of hydrogen-bond donors (Lipinski definition) is 4. The van der Waals surface area contributed by atoms with Crippen LogP contribution in [0.1, 0.15) is 5.56 Å². The third kappa shape index (κ3) is 6.12. The Morgan fingerprint density at radius 3 is 2.04 bits per heavy atom. The van der Waals surface area contributed by atoms with E-state index in [1.54, 1.807) is 12.1 Å². The minimum absolute atomic E-state index is 0.145. The van der Waals surface area contributed by atoms with Gasteiger partial charge in [0.05, 0.1) is 0 Å². The number of thioether (sulfide) groups is 1. The number of benzene rings is 2. The minimum atomic E-state index is -4.73. The van der Waals surface area contributed by atoms with Gasteiger partial charge in [-0.2, -0.15) is 0 Å². The van der Waals surface area contributed by atoms with Crippen LogP contribution < -0.4 is 21.7 Å².